The second-order valence-corrected chi connectivity index (χ2v) is 6.67. The maximum absolute atomic E-state index is 3.80. The molecule has 0 bridgehead atoms. The monoisotopic (exact) mass is 254 g/mol. The van der Waals surface area contributed by atoms with Gasteiger partial charge in [0.1, 0.15) is 0 Å². The summed E-state index contributed by atoms with van der Waals surface area (Å²) in [4.78, 5) is 2.43. The van der Waals surface area contributed by atoms with Crippen LogP contribution in [-0.4, -0.2) is 37.1 Å². The van der Waals surface area contributed by atoms with Gasteiger partial charge in [0.15, 0.2) is 0 Å². The van der Waals surface area contributed by atoms with Crippen molar-refractivity contribution in [2.75, 3.05) is 20.6 Å². The lowest BCUT2D eigenvalue weighted by atomic mass is 9.71. The Labute approximate surface area is 115 Å². The van der Waals surface area contributed by atoms with Gasteiger partial charge >= 0.3 is 0 Å². The summed E-state index contributed by atoms with van der Waals surface area (Å²) in [7, 11) is 4.47. The molecule has 0 aromatic rings. The molecule has 1 rings (SSSR count). The van der Waals surface area contributed by atoms with E-state index in [4.69, 9.17) is 0 Å². The van der Waals surface area contributed by atoms with Gasteiger partial charge in [-0.2, -0.15) is 0 Å². The van der Waals surface area contributed by atoms with Gasteiger partial charge in [-0.15, -0.1) is 0 Å². The van der Waals surface area contributed by atoms with Crippen molar-refractivity contribution in [1.29, 1.82) is 0 Å². The number of hydrogen-bond donors (Lipinski definition) is 1. The minimum absolute atomic E-state index is 0.276. The third-order valence-electron chi connectivity index (χ3n) is 5.28. The molecule has 1 aliphatic carbocycles. The van der Waals surface area contributed by atoms with Crippen molar-refractivity contribution in [1.82, 2.24) is 10.2 Å². The first-order valence-electron chi connectivity index (χ1n) is 7.86. The molecule has 4 atom stereocenters. The van der Waals surface area contributed by atoms with Crippen LogP contribution in [0, 0.1) is 11.8 Å². The highest BCUT2D eigenvalue weighted by molar-refractivity contribution is 4.98. The second-order valence-electron chi connectivity index (χ2n) is 6.67. The lowest BCUT2D eigenvalue weighted by molar-refractivity contribution is 0.0611. The fourth-order valence-corrected chi connectivity index (χ4v) is 3.71. The van der Waals surface area contributed by atoms with E-state index in [1.165, 1.54) is 32.1 Å². The summed E-state index contributed by atoms with van der Waals surface area (Å²) >= 11 is 0. The van der Waals surface area contributed by atoms with Crippen LogP contribution in [0.5, 0.6) is 0 Å². The van der Waals surface area contributed by atoms with E-state index in [2.05, 4.69) is 52.0 Å². The van der Waals surface area contributed by atoms with Crippen LogP contribution in [0.15, 0.2) is 0 Å². The average Bonchev–Trinajstić information content (AvgIpc) is 2.34. The van der Waals surface area contributed by atoms with Crippen LogP contribution >= 0.6 is 0 Å². The van der Waals surface area contributed by atoms with E-state index in [-0.39, 0.29) is 5.54 Å². The Kier molecular flexibility index (Phi) is 6.13. The molecule has 18 heavy (non-hydrogen) atoms. The first kappa shape index (κ1) is 16.0. The van der Waals surface area contributed by atoms with Crippen molar-refractivity contribution in [2.45, 2.75) is 71.4 Å². The van der Waals surface area contributed by atoms with Crippen LogP contribution in [0.3, 0.4) is 0 Å². The van der Waals surface area contributed by atoms with E-state index >= 15 is 0 Å². The summed E-state index contributed by atoms with van der Waals surface area (Å²) in [6.45, 7) is 10.5. The predicted octanol–water partition coefficient (Wildman–Crippen LogP) is 3.52. The summed E-state index contributed by atoms with van der Waals surface area (Å²) < 4.78 is 0. The highest BCUT2D eigenvalue weighted by Gasteiger charge is 2.40. The van der Waals surface area contributed by atoms with Gasteiger partial charge in [0.25, 0.3) is 0 Å². The second kappa shape index (κ2) is 6.91. The molecule has 0 spiro atoms. The van der Waals surface area contributed by atoms with Gasteiger partial charge in [-0.3, -0.25) is 0 Å². The number of likely N-dealkylation sites (N-methyl/N-ethyl adjacent to an activating group) is 2. The topological polar surface area (TPSA) is 15.3 Å². The summed E-state index contributed by atoms with van der Waals surface area (Å²) in [6.07, 6.45) is 6.87. The summed E-state index contributed by atoms with van der Waals surface area (Å²) in [5.74, 6) is 1.76. The molecule has 4 unspecified atom stereocenters. The van der Waals surface area contributed by atoms with E-state index in [1.54, 1.807) is 0 Å². The van der Waals surface area contributed by atoms with Crippen molar-refractivity contribution < 1.29 is 0 Å². The minimum Gasteiger partial charge on any atom is -0.312 e. The van der Waals surface area contributed by atoms with Crippen LogP contribution < -0.4 is 5.32 Å². The quantitative estimate of drug-likeness (QED) is 0.780. The zero-order valence-corrected chi connectivity index (χ0v) is 13.4. The van der Waals surface area contributed by atoms with E-state index < -0.39 is 0 Å². The lowest BCUT2D eigenvalue weighted by Gasteiger charge is -2.48. The molecule has 0 saturated heterocycles. The Balaban J connectivity index is 2.85. The molecule has 1 aliphatic rings. The van der Waals surface area contributed by atoms with Gasteiger partial charge in [0.05, 0.1) is 0 Å². The van der Waals surface area contributed by atoms with Gasteiger partial charge in [-0.1, -0.05) is 33.6 Å². The van der Waals surface area contributed by atoms with Crippen LogP contribution in [-0.2, 0) is 0 Å². The van der Waals surface area contributed by atoms with Crippen LogP contribution in [0.25, 0.3) is 0 Å². The van der Waals surface area contributed by atoms with Crippen molar-refractivity contribution >= 4 is 0 Å². The number of rotatable bonds is 6. The Morgan fingerprint density at radius 1 is 1.28 bits per heavy atom. The summed E-state index contributed by atoms with van der Waals surface area (Å²) in [6, 6.07) is 0.630. The molecule has 1 saturated carbocycles. The predicted molar refractivity (Wildman–Crippen MR) is 81.0 cm³/mol. The van der Waals surface area contributed by atoms with Crippen molar-refractivity contribution in [3.05, 3.63) is 0 Å². The van der Waals surface area contributed by atoms with Crippen LogP contribution in [0.1, 0.15) is 59.8 Å². The van der Waals surface area contributed by atoms with Crippen LogP contribution in [0.4, 0.5) is 0 Å². The number of nitrogens with zero attached hydrogens (tertiary/aromatic N) is 1. The highest BCUT2D eigenvalue weighted by Crippen LogP contribution is 2.36. The minimum atomic E-state index is 0.276. The first-order valence-corrected chi connectivity index (χ1v) is 7.86. The molecule has 1 N–H and O–H groups in total. The van der Waals surface area contributed by atoms with E-state index in [9.17, 15) is 0 Å². The summed E-state index contributed by atoms with van der Waals surface area (Å²) in [5.41, 5.74) is 0.276. The maximum atomic E-state index is 3.80. The Bertz CT molecular complexity index is 239. The Hall–Kier alpha value is -0.0800. The van der Waals surface area contributed by atoms with E-state index in [0.717, 1.165) is 18.4 Å². The molecule has 108 valence electrons. The van der Waals surface area contributed by atoms with Crippen molar-refractivity contribution in [3.63, 3.8) is 0 Å². The third-order valence-corrected chi connectivity index (χ3v) is 5.28. The van der Waals surface area contributed by atoms with Gasteiger partial charge in [-0.25, -0.2) is 0 Å². The molecule has 0 aromatic heterocycles. The van der Waals surface area contributed by atoms with Gasteiger partial charge < -0.3 is 10.2 Å². The molecule has 0 amide bonds. The smallest absolute Gasteiger partial charge is 0.0328 e. The normalized spacial score (nSPS) is 30.2. The summed E-state index contributed by atoms with van der Waals surface area (Å²) in [5, 5.41) is 3.80. The van der Waals surface area contributed by atoms with Crippen molar-refractivity contribution in [3.8, 4) is 0 Å². The number of nitrogens with one attached hydrogen (secondary N) is 1. The number of hydrogen-bond acceptors (Lipinski definition) is 2. The molecular weight excluding hydrogens is 220 g/mol. The molecule has 0 aromatic carbocycles. The third kappa shape index (κ3) is 3.48. The molecule has 0 aliphatic heterocycles. The van der Waals surface area contributed by atoms with Gasteiger partial charge in [-0.05, 0) is 58.7 Å². The standard InChI is InChI=1S/C16H34N2/c1-7-16(4,18(5)6)15(17-8-2)14-11-9-10-13(3)12-14/h13-15,17H,7-12H2,1-6H3. The maximum Gasteiger partial charge on any atom is 0.0328 e. The Morgan fingerprint density at radius 3 is 2.39 bits per heavy atom. The van der Waals surface area contributed by atoms with E-state index in [1.807, 2.05) is 0 Å². The van der Waals surface area contributed by atoms with Crippen molar-refractivity contribution in [2.24, 2.45) is 11.8 Å². The SMILES string of the molecule is CCNC(C1CCCC(C)C1)C(C)(CC)N(C)C. The molecular formula is C16H34N2. The fraction of sp³-hybridized carbons (Fsp3) is 1.00. The molecule has 0 heterocycles. The molecule has 2 heteroatoms. The van der Waals surface area contributed by atoms with Gasteiger partial charge in [0, 0.05) is 11.6 Å². The Morgan fingerprint density at radius 2 is 1.94 bits per heavy atom. The molecule has 0 radical (unpaired) electrons. The van der Waals surface area contributed by atoms with E-state index in [0.29, 0.717) is 6.04 Å². The first-order chi connectivity index (χ1) is 8.45. The zero-order chi connectivity index (χ0) is 13.8. The van der Waals surface area contributed by atoms with Gasteiger partial charge in [0.2, 0.25) is 0 Å². The fourth-order valence-electron chi connectivity index (χ4n) is 3.71. The molecule has 2 nitrogen and oxygen atoms in total. The largest absolute Gasteiger partial charge is 0.312 e. The lowest BCUT2D eigenvalue weighted by Crippen LogP contribution is -2.60. The highest BCUT2D eigenvalue weighted by atomic mass is 15.2. The zero-order valence-electron chi connectivity index (χ0n) is 13.4. The molecule has 1 fully saturated rings. The van der Waals surface area contributed by atoms with Crippen LogP contribution in [0.2, 0.25) is 0 Å². The average molecular weight is 254 g/mol.